The van der Waals surface area contributed by atoms with Crippen LogP contribution in [-0.2, 0) is 9.59 Å². The molecule has 0 bridgehead atoms. The minimum Gasteiger partial charge on any atom is -0.294 e. The van der Waals surface area contributed by atoms with Crippen LogP contribution in [0.2, 0.25) is 0 Å². The van der Waals surface area contributed by atoms with Gasteiger partial charge < -0.3 is 0 Å². The van der Waals surface area contributed by atoms with Gasteiger partial charge in [0.05, 0.1) is 6.42 Å². The minimum absolute atomic E-state index is 0.0913. The number of hydrogen-bond acceptors (Lipinski definition) is 2. The van der Waals surface area contributed by atoms with Gasteiger partial charge >= 0.3 is 0 Å². The molecule has 0 N–H and O–H groups in total. The van der Waals surface area contributed by atoms with Crippen LogP contribution in [-0.4, -0.2) is 12.1 Å². The first-order valence-electron chi connectivity index (χ1n) is 2.79. The Hall–Kier alpha value is -1.36. The molecule has 0 unspecified atom stereocenters. The predicted molar refractivity (Wildman–Crippen MR) is 38.3 cm³/mol. The fraction of sp³-hybridized carbons (Fsp3) is 0.250. The van der Waals surface area contributed by atoms with E-state index < -0.39 is 0 Å². The lowest BCUT2D eigenvalue weighted by molar-refractivity contribution is -0.114. The van der Waals surface area contributed by atoms with E-state index in [-0.39, 0.29) is 12.2 Å². The van der Waals surface area contributed by atoms with Crippen molar-refractivity contribution in [3.05, 3.63) is 12.2 Å². The van der Waals surface area contributed by atoms with Crippen LogP contribution in [0.4, 0.5) is 0 Å². The average molecular weight is 136 g/mol. The molecule has 0 aromatic rings. The second-order valence-electron chi connectivity index (χ2n) is 1.82. The van der Waals surface area contributed by atoms with E-state index in [9.17, 15) is 9.59 Å². The van der Waals surface area contributed by atoms with Crippen LogP contribution < -0.4 is 0 Å². The Kier molecular flexibility index (Phi) is 3.90. The summed E-state index contributed by atoms with van der Waals surface area (Å²) in [7, 11) is 0. The molecular weight excluding hydrogens is 128 g/mol. The molecule has 0 spiro atoms. The van der Waals surface area contributed by atoms with Crippen molar-refractivity contribution in [1.29, 1.82) is 0 Å². The van der Waals surface area contributed by atoms with E-state index in [1.165, 1.54) is 0 Å². The molecule has 0 fully saturated rings. The van der Waals surface area contributed by atoms with Crippen LogP contribution in [0.1, 0.15) is 13.3 Å². The van der Waals surface area contributed by atoms with E-state index in [4.69, 9.17) is 0 Å². The number of Topliss-reactive ketones (excluding diaryl/α,β-unsaturated/α-hetero) is 1. The zero-order valence-electron chi connectivity index (χ0n) is 5.81. The first-order chi connectivity index (χ1) is 4.68. The van der Waals surface area contributed by atoms with Gasteiger partial charge in [0, 0.05) is 0 Å². The molecule has 0 aliphatic heterocycles. The zero-order chi connectivity index (χ0) is 7.98. The molecule has 0 aliphatic rings. The summed E-state index contributed by atoms with van der Waals surface area (Å²) in [4.78, 5) is 20.3. The summed E-state index contributed by atoms with van der Waals surface area (Å²) in [5.74, 6) is 4.41. The van der Waals surface area contributed by atoms with Crippen molar-refractivity contribution in [2.45, 2.75) is 13.3 Å². The Morgan fingerprint density at radius 1 is 1.70 bits per heavy atom. The molecule has 0 heterocycles. The maximum Gasteiger partial charge on any atom is 0.192 e. The van der Waals surface area contributed by atoms with E-state index in [0.717, 1.165) is 0 Å². The van der Waals surface area contributed by atoms with Crippen LogP contribution in [0.3, 0.4) is 0 Å². The second kappa shape index (κ2) is 4.51. The molecule has 0 saturated carbocycles. The van der Waals surface area contributed by atoms with Gasteiger partial charge in [-0.25, -0.2) is 0 Å². The van der Waals surface area contributed by atoms with Gasteiger partial charge in [0.1, 0.15) is 0 Å². The van der Waals surface area contributed by atoms with Crippen LogP contribution in [0.15, 0.2) is 12.2 Å². The number of carbonyl (C=O) groups is 2. The molecule has 0 radical (unpaired) electrons. The Morgan fingerprint density at radius 3 is 2.70 bits per heavy atom. The number of allylic oxidation sites excluding steroid dienone is 1. The highest BCUT2D eigenvalue weighted by molar-refractivity contribution is 5.96. The highest BCUT2D eigenvalue weighted by Gasteiger charge is 1.96. The first kappa shape index (κ1) is 8.64. The molecule has 0 aromatic carbocycles. The standard InChI is InChI=1S/C8H8O2/c1-7(2)8(10)5-3-4-6-9/h6H,1,5H2,2H3. The lowest BCUT2D eigenvalue weighted by Gasteiger charge is -1.88. The average Bonchev–Trinajstić information content (AvgIpc) is 1.88. The SMILES string of the molecule is C=C(C)C(=O)CC#CC=O. The van der Waals surface area contributed by atoms with Crippen LogP contribution in [0.5, 0.6) is 0 Å². The molecule has 52 valence electrons. The molecule has 2 heteroatoms. The monoisotopic (exact) mass is 136 g/mol. The molecule has 10 heavy (non-hydrogen) atoms. The normalized spacial score (nSPS) is 7.30. The van der Waals surface area contributed by atoms with Gasteiger partial charge in [-0.2, -0.15) is 0 Å². The van der Waals surface area contributed by atoms with Gasteiger partial charge in [0.2, 0.25) is 0 Å². The van der Waals surface area contributed by atoms with E-state index >= 15 is 0 Å². The Morgan fingerprint density at radius 2 is 2.30 bits per heavy atom. The fourth-order valence-corrected chi connectivity index (χ4v) is 0.324. The number of hydrogen-bond donors (Lipinski definition) is 0. The Labute approximate surface area is 59.9 Å². The highest BCUT2D eigenvalue weighted by Crippen LogP contribution is 1.92. The van der Waals surface area contributed by atoms with Crippen molar-refractivity contribution in [3.8, 4) is 11.8 Å². The summed E-state index contributed by atoms with van der Waals surface area (Å²) in [6.07, 6.45) is 0.555. The van der Waals surface area contributed by atoms with Gasteiger partial charge in [-0.05, 0) is 18.4 Å². The van der Waals surface area contributed by atoms with Gasteiger partial charge in [0.25, 0.3) is 0 Å². The topological polar surface area (TPSA) is 34.1 Å². The van der Waals surface area contributed by atoms with Gasteiger partial charge in [-0.15, -0.1) is 0 Å². The first-order valence-corrected chi connectivity index (χ1v) is 2.79. The summed E-state index contributed by atoms with van der Waals surface area (Å²) in [5.41, 5.74) is 0.472. The fourth-order valence-electron chi connectivity index (χ4n) is 0.324. The van der Waals surface area contributed by atoms with E-state index in [1.54, 1.807) is 6.92 Å². The molecular formula is C8H8O2. The molecule has 0 saturated heterocycles. The van der Waals surface area contributed by atoms with E-state index in [0.29, 0.717) is 11.9 Å². The van der Waals surface area contributed by atoms with Crippen molar-refractivity contribution in [1.82, 2.24) is 0 Å². The third-order valence-electron chi connectivity index (χ3n) is 0.886. The summed E-state index contributed by atoms with van der Waals surface area (Å²) in [6, 6.07) is 0. The summed E-state index contributed by atoms with van der Waals surface area (Å²) >= 11 is 0. The summed E-state index contributed by atoms with van der Waals surface area (Å²) in [5, 5.41) is 0. The maximum atomic E-state index is 10.7. The zero-order valence-corrected chi connectivity index (χ0v) is 5.81. The largest absolute Gasteiger partial charge is 0.294 e. The van der Waals surface area contributed by atoms with Crippen molar-refractivity contribution in [2.75, 3.05) is 0 Å². The molecule has 0 aliphatic carbocycles. The predicted octanol–water partition coefficient (Wildman–Crippen LogP) is 0.724. The molecule has 0 atom stereocenters. The molecule has 0 rings (SSSR count). The molecule has 0 aromatic heterocycles. The second-order valence-corrected chi connectivity index (χ2v) is 1.82. The third kappa shape index (κ3) is 3.62. The number of rotatable bonds is 2. The van der Waals surface area contributed by atoms with Gasteiger partial charge in [-0.1, -0.05) is 12.5 Å². The van der Waals surface area contributed by atoms with Crippen LogP contribution in [0, 0.1) is 11.8 Å². The minimum atomic E-state index is -0.116. The molecule has 0 amide bonds. The van der Waals surface area contributed by atoms with Gasteiger partial charge in [-0.3, -0.25) is 9.59 Å². The quantitative estimate of drug-likeness (QED) is 0.318. The number of carbonyl (C=O) groups excluding carboxylic acids is 2. The van der Waals surface area contributed by atoms with E-state index in [2.05, 4.69) is 18.4 Å². The lowest BCUT2D eigenvalue weighted by atomic mass is 10.2. The summed E-state index contributed by atoms with van der Waals surface area (Å²) < 4.78 is 0. The van der Waals surface area contributed by atoms with E-state index in [1.807, 2.05) is 0 Å². The number of aldehydes is 1. The third-order valence-corrected chi connectivity index (χ3v) is 0.886. The molecule has 2 nitrogen and oxygen atoms in total. The summed E-state index contributed by atoms with van der Waals surface area (Å²) in [6.45, 7) is 5.04. The van der Waals surface area contributed by atoms with Crippen LogP contribution in [0.25, 0.3) is 0 Å². The van der Waals surface area contributed by atoms with Crippen molar-refractivity contribution in [3.63, 3.8) is 0 Å². The van der Waals surface area contributed by atoms with Crippen molar-refractivity contribution < 1.29 is 9.59 Å². The number of ketones is 1. The maximum absolute atomic E-state index is 10.7. The van der Waals surface area contributed by atoms with Crippen molar-refractivity contribution in [2.24, 2.45) is 0 Å². The Bertz CT molecular complexity index is 215. The van der Waals surface area contributed by atoms with Crippen LogP contribution >= 0.6 is 0 Å². The van der Waals surface area contributed by atoms with Crippen molar-refractivity contribution >= 4 is 12.1 Å². The van der Waals surface area contributed by atoms with Gasteiger partial charge in [0.15, 0.2) is 12.1 Å². The highest BCUT2D eigenvalue weighted by atomic mass is 16.1. The smallest absolute Gasteiger partial charge is 0.192 e. The Balaban J connectivity index is 3.81. The lowest BCUT2D eigenvalue weighted by Crippen LogP contribution is -1.95.